The fraction of sp³-hybridized carbons (Fsp3) is 0. The lowest BCUT2D eigenvalue weighted by Gasteiger charge is -2.04. The van der Waals surface area contributed by atoms with Crippen LogP contribution in [-0.4, -0.2) is 15.5 Å². The van der Waals surface area contributed by atoms with Gasteiger partial charge in [-0.05, 0) is 29.7 Å². The van der Waals surface area contributed by atoms with Gasteiger partial charge in [-0.15, -0.1) is 0 Å². The van der Waals surface area contributed by atoms with Crippen LogP contribution < -0.4 is 0 Å². The van der Waals surface area contributed by atoms with E-state index < -0.39 is 5.97 Å². The van der Waals surface area contributed by atoms with E-state index in [0.717, 1.165) is 16.4 Å². The van der Waals surface area contributed by atoms with E-state index >= 15 is 0 Å². The zero-order chi connectivity index (χ0) is 11.1. The molecule has 0 bridgehead atoms. The Morgan fingerprint density at radius 1 is 1.00 bits per heavy atom. The summed E-state index contributed by atoms with van der Waals surface area (Å²) in [5.41, 5.74) is 2.12. The van der Waals surface area contributed by atoms with Crippen LogP contribution in [0.3, 0.4) is 0 Å². The van der Waals surface area contributed by atoms with E-state index in [0.29, 0.717) is 5.69 Å². The van der Waals surface area contributed by atoms with Crippen LogP contribution in [0.25, 0.3) is 16.4 Å². The molecule has 0 saturated carbocycles. The molecule has 0 aliphatic rings. The summed E-state index contributed by atoms with van der Waals surface area (Å²) in [6, 6.07) is 15.1. The molecule has 1 N–H and O–H groups in total. The number of aromatic carboxylic acids is 1. The summed E-state index contributed by atoms with van der Waals surface area (Å²) in [5.74, 6) is -0.906. The summed E-state index contributed by atoms with van der Waals surface area (Å²) in [6.45, 7) is 0. The van der Waals surface area contributed by atoms with Gasteiger partial charge in [0.15, 0.2) is 0 Å². The fourth-order valence-electron chi connectivity index (χ4n) is 2.03. The molecule has 2 heterocycles. The molecule has 0 aliphatic carbocycles. The van der Waals surface area contributed by atoms with Gasteiger partial charge < -0.3 is 9.51 Å². The highest BCUT2D eigenvalue weighted by atomic mass is 16.4. The van der Waals surface area contributed by atoms with Gasteiger partial charge in [-0.25, -0.2) is 4.79 Å². The molecule has 3 rings (SSSR count). The van der Waals surface area contributed by atoms with Crippen LogP contribution >= 0.6 is 0 Å². The Bertz CT molecular complexity index is 697. The van der Waals surface area contributed by atoms with Gasteiger partial charge in [0.2, 0.25) is 0 Å². The smallest absolute Gasteiger partial charge is 0.352 e. The molecule has 0 amide bonds. The molecular weight excluding hydrogens is 202 g/mol. The molecule has 1 aromatic carbocycles. The third-order valence-electron chi connectivity index (χ3n) is 2.74. The van der Waals surface area contributed by atoms with Gasteiger partial charge in [0.25, 0.3) is 0 Å². The molecule has 0 fully saturated rings. The van der Waals surface area contributed by atoms with E-state index in [4.69, 9.17) is 5.11 Å². The van der Waals surface area contributed by atoms with Gasteiger partial charge in [-0.1, -0.05) is 24.3 Å². The average molecular weight is 211 g/mol. The van der Waals surface area contributed by atoms with E-state index in [1.165, 1.54) is 0 Å². The quantitative estimate of drug-likeness (QED) is 0.672. The van der Waals surface area contributed by atoms with E-state index in [9.17, 15) is 4.79 Å². The van der Waals surface area contributed by atoms with Crippen molar-refractivity contribution in [3.63, 3.8) is 0 Å². The van der Waals surface area contributed by atoms with Gasteiger partial charge in [0.05, 0.1) is 5.52 Å². The van der Waals surface area contributed by atoms with Gasteiger partial charge in [-0.3, -0.25) is 0 Å². The van der Waals surface area contributed by atoms with E-state index in [1.54, 1.807) is 10.5 Å². The van der Waals surface area contributed by atoms with Gasteiger partial charge in [-0.2, -0.15) is 0 Å². The largest absolute Gasteiger partial charge is 0.477 e. The Morgan fingerprint density at radius 2 is 1.75 bits per heavy atom. The minimum atomic E-state index is -0.906. The monoisotopic (exact) mass is 211 g/mol. The van der Waals surface area contributed by atoms with Crippen molar-refractivity contribution >= 4 is 22.4 Å². The van der Waals surface area contributed by atoms with E-state index in [-0.39, 0.29) is 0 Å². The van der Waals surface area contributed by atoms with Crippen molar-refractivity contribution in [2.24, 2.45) is 0 Å². The Balaban J connectivity index is 2.56. The number of benzene rings is 1. The summed E-state index contributed by atoms with van der Waals surface area (Å²) in [5, 5.41) is 10.1. The number of pyridine rings is 1. The van der Waals surface area contributed by atoms with Gasteiger partial charge in [0.1, 0.15) is 5.69 Å². The maximum atomic E-state index is 11.1. The van der Waals surface area contributed by atoms with Crippen LogP contribution in [0.15, 0.2) is 48.5 Å². The molecule has 0 saturated heterocycles. The topological polar surface area (TPSA) is 41.7 Å². The summed E-state index contributed by atoms with van der Waals surface area (Å²) in [4.78, 5) is 11.1. The minimum absolute atomic E-state index is 0.298. The standard InChI is InChI=1S/C13H9NO2/c15-13(16)12-8-7-10-6-5-9-3-1-2-4-11(9)14(10)12/h1-8H,(H,15,16). The van der Waals surface area contributed by atoms with Crippen molar-refractivity contribution < 1.29 is 9.90 Å². The van der Waals surface area contributed by atoms with Crippen molar-refractivity contribution in [3.8, 4) is 0 Å². The molecule has 0 unspecified atom stereocenters. The average Bonchev–Trinajstić information content (AvgIpc) is 2.73. The Labute approximate surface area is 91.6 Å². The maximum Gasteiger partial charge on any atom is 0.352 e. The number of aromatic nitrogens is 1. The summed E-state index contributed by atoms with van der Waals surface area (Å²) in [6.07, 6.45) is 0. The van der Waals surface area contributed by atoms with Gasteiger partial charge >= 0.3 is 5.97 Å². The highest BCUT2D eigenvalue weighted by Gasteiger charge is 2.10. The minimum Gasteiger partial charge on any atom is -0.477 e. The molecule has 3 heteroatoms. The predicted molar refractivity (Wildman–Crippen MR) is 61.9 cm³/mol. The molecule has 16 heavy (non-hydrogen) atoms. The second kappa shape index (κ2) is 3.10. The predicted octanol–water partition coefficient (Wildman–Crippen LogP) is 2.79. The maximum absolute atomic E-state index is 11.1. The Kier molecular flexibility index (Phi) is 1.74. The van der Waals surface area contributed by atoms with E-state index in [2.05, 4.69) is 0 Å². The first-order chi connectivity index (χ1) is 7.77. The first-order valence-electron chi connectivity index (χ1n) is 5.00. The summed E-state index contributed by atoms with van der Waals surface area (Å²) < 4.78 is 1.76. The summed E-state index contributed by atoms with van der Waals surface area (Å²) >= 11 is 0. The first kappa shape index (κ1) is 8.97. The number of nitrogens with zero attached hydrogens (tertiary/aromatic N) is 1. The third-order valence-corrected chi connectivity index (χ3v) is 2.74. The molecule has 0 atom stereocenters. The number of hydrogen-bond donors (Lipinski definition) is 1. The van der Waals surface area contributed by atoms with Crippen molar-refractivity contribution in [3.05, 3.63) is 54.2 Å². The molecule has 0 spiro atoms. The number of carbonyl (C=O) groups is 1. The SMILES string of the molecule is O=C(O)c1ccc2ccc3ccccc3n12. The Morgan fingerprint density at radius 3 is 2.56 bits per heavy atom. The number of fused-ring (bicyclic) bond motifs is 3. The van der Waals surface area contributed by atoms with Crippen molar-refractivity contribution in [1.29, 1.82) is 0 Å². The van der Waals surface area contributed by atoms with Crippen LogP contribution in [0.4, 0.5) is 0 Å². The molecule has 3 nitrogen and oxygen atoms in total. The number of para-hydroxylation sites is 1. The van der Waals surface area contributed by atoms with Crippen LogP contribution in [0.5, 0.6) is 0 Å². The van der Waals surface area contributed by atoms with Crippen LogP contribution in [0.1, 0.15) is 10.5 Å². The lowest BCUT2D eigenvalue weighted by Crippen LogP contribution is -2.02. The molecule has 0 radical (unpaired) electrons. The number of rotatable bonds is 1. The van der Waals surface area contributed by atoms with Crippen LogP contribution in [0, 0.1) is 0 Å². The van der Waals surface area contributed by atoms with Crippen LogP contribution in [-0.2, 0) is 0 Å². The number of carboxylic acids is 1. The zero-order valence-electron chi connectivity index (χ0n) is 8.42. The van der Waals surface area contributed by atoms with Crippen molar-refractivity contribution in [2.75, 3.05) is 0 Å². The first-order valence-corrected chi connectivity index (χ1v) is 5.00. The molecule has 78 valence electrons. The van der Waals surface area contributed by atoms with Crippen molar-refractivity contribution in [2.45, 2.75) is 0 Å². The van der Waals surface area contributed by atoms with E-state index in [1.807, 2.05) is 42.5 Å². The normalized spacial score (nSPS) is 11.0. The van der Waals surface area contributed by atoms with Crippen molar-refractivity contribution in [1.82, 2.24) is 4.40 Å². The lowest BCUT2D eigenvalue weighted by molar-refractivity contribution is 0.0690. The highest BCUT2D eigenvalue weighted by Crippen LogP contribution is 2.20. The molecular formula is C13H9NO2. The van der Waals surface area contributed by atoms with Crippen LogP contribution in [0.2, 0.25) is 0 Å². The molecule has 0 aliphatic heterocycles. The van der Waals surface area contributed by atoms with Gasteiger partial charge in [0, 0.05) is 5.52 Å². The number of hydrogen-bond acceptors (Lipinski definition) is 1. The summed E-state index contributed by atoms with van der Waals surface area (Å²) in [7, 11) is 0. The second-order valence-corrected chi connectivity index (χ2v) is 3.68. The Hall–Kier alpha value is -2.29. The zero-order valence-corrected chi connectivity index (χ0v) is 8.42. The fourth-order valence-corrected chi connectivity index (χ4v) is 2.03. The lowest BCUT2D eigenvalue weighted by atomic mass is 10.2. The second-order valence-electron chi connectivity index (χ2n) is 3.68. The highest BCUT2D eigenvalue weighted by molar-refractivity contribution is 5.92. The molecule has 3 aromatic rings. The third kappa shape index (κ3) is 1.11. The molecule has 2 aromatic heterocycles. The number of carboxylic acid groups (broad SMARTS) is 1.